The second kappa shape index (κ2) is 7.05. The lowest BCUT2D eigenvalue weighted by molar-refractivity contribution is -0.138. The largest absolute Gasteiger partial charge is 0.357 e. The molecule has 1 fully saturated rings. The van der Waals surface area contributed by atoms with Crippen molar-refractivity contribution in [3.8, 4) is 0 Å². The molecule has 0 spiro atoms. The third kappa shape index (κ3) is 3.14. The summed E-state index contributed by atoms with van der Waals surface area (Å²) in [6.45, 7) is 0.585. The summed E-state index contributed by atoms with van der Waals surface area (Å²) in [5.74, 6) is -0.311. The summed E-state index contributed by atoms with van der Waals surface area (Å²) in [4.78, 5) is 30.4. The minimum Gasteiger partial charge on any atom is -0.357 e. The number of pyridine rings is 1. The highest BCUT2D eigenvalue weighted by Crippen LogP contribution is 2.21. The lowest BCUT2D eigenvalue weighted by Gasteiger charge is -2.33. The summed E-state index contributed by atoms with van der Waals surface area (Å²) in [5, 5.41) is 2.97. The number of aromatic nitrogens is 2. The lowest BCUT2D eigenvalue weighted by Crippen LogP contribution is -2.50. The molecular weight excluding hydrogens is 328 g/mol. The maximum atomic E-state index is 12.6. The smallest absolute Gasteiger partial charge is 0.247 e. The van der Waals surface area contributed by atoms with E-state index < -0.39 is 6.04 Å². The van der Waals surface area contributed by atoms with E-state index in [0.29, 0.717) is 23.8 Å². The Labute approximate surface area is 145 Å². The molecule has 1 unspecified atom stereocenters. The number of rotatable bonds is 3. The third-order valence-electron chi connectivity index (χ3n) is 4.24. The SMILES string of the molecule is CNC(=O)C1CCCCN1C(=O)C=Cc1c(Cl)nc2ccccn12. The van der Waals surface area contributed by atoms with Crippen molar-refractivity contribution in [2.45, 2.75) is 25.3 Å². The molecule has 2 amide bonds. The first-order chi connectivity index (χ1) is 11.6. The number of fused-ring (bicyclic) bond motifs is 1. The number of carbonyl (C=O) groups excluding carboxylic acids is 2. The molecule has 0 aliphatic carbocycles. The molecule has 2 aromatic rings. The van der Waals surface area contributed by atoms with E-state index in [-0.39, 0.29) is 11.8 Å². The minimum atomic E-state index is -0.404. The normalized spacial score (nSPS) is 18.2. The molecule has 1 saturated heterocycles. The van der Waals surface area contributed by atoms with E-state index in [1.807, 2.05) is 28.8 Å². The van der Waals surface area contributed by atoms with Crippen LogP contribution in [0.3, 0.4) is 0 Å². The minimum absolute atomic E-state index is 0.121. The van der Waals surface area contributed by atoms with E-state index in [9.17, 15) is 9.59 Å². The van der Waals surface area contributed by atoms with E-state index in [1.165, 1.54) is 6.08 Å². The Morgan fingerprint density at radius 2 is 2.21 bits per heavy atom. The molecule has 6 nitrogen and oxygen atoms in total. The monoisotopic (exact) mass is 346 g/mol. The lowest BCUT2D eigenvalue weighted by atomic mass is 10.0. The first kappa shape index (κ1) is 16.5. The van der Waals surface area contributed by atoms with Gasteiger partial charge in [0.15, 0.2) is 5.15 Å². The number of amides is 2. The Hall–Kier alpha value is -2.34. The molecular formula is C17H19ClN4O2. The Bertz CT molecular complexity index is 799. The molecule has 0 bridgehead atoms. The fourth-order valence-electron chi connectivity index (χ4n) is 3.02. The fraction of sp³-hybridized carbons (Fsp3) is 0.353. The molecule has 1 aliphatic rings. The van der Waals surface area contributed by atoms with Crippen LogP contribution >= 0.6 is 11.6 Å². The number of carbonyl (C=O) groups is 2. The van der Waals surface area contributed by atoms with Gasteiger partial charge in [0.1, 0.15) is 11.7 Å². The highest BCUT2D eigenvalue weighted by Gasteiger charge is 2.30. The Morgan fingerprint density at radius 3 is 3.00 bits per heavy atom. The molecule has 2 aromatic heterocycles. The second-order valence-electron chi connectivity index (χ2n) is 5.71. The third-order valence-corrected chi connectivity index (χ3v) is 4.52. The van der Waals surface area contributed by atoms with Crippen LogP contribution in [0.5, 0.6) is 0 Å². The van der Waals surface area contributed by atoms with Crippen LogP contribution in [-0.4, -0.2) is 45.7 Å². The van der Waals surface area contributed by atoms with Crippen LogP contribution < -0.4 is 5.32 Å². The molecule has 7 heteroatoms. The van der Waals surface area contributed by atoms with Crippen molar-refractivity contribution in [1.82, 2.24) is 19.6 Å². The van der Waals surface area contributed by atoms with E-state index in [2.05, 4.69) is 10.3 Å². The summed E-state index contributed by atoms with van der Waals surface area (Å²) in [6, 6.07) is 5.19. The summed E-state index contributed by atoms with van der Waals surface area (Å²) in [6.07, 6.45) is 7.50. The van der Waals surface area contributed by atoms with Crippen LogP contribution in [0.15, 0.2) is 30.5 Å². The van der Waals surface area contributed by atoms with Gasteiger partial charge in [-0.3, -0.25) is 14.0 Å². The number of hydrogen-bond donors (Lipinski definition) is 1. The number of halogens is 1. The van der Waals surface area contributed by atoms with Gasteiger partial charge in [-0.05, 0) is 37.5 Å². The zero-order valence-electron chi connectivity index (χ0n) is 13.4. The number of nitrogens with one attached hydrogen (secondary N) is 1. The zero-order valence-corrected chi connectivity index (χ0v) is 14.2. The van der Waals surface area contributed by atoms with Gasteiger partial charge in [-0.25, -0.2) is 4.98 Å². The van der Waals surface area contributed by atoms with E-state index in [1.54, 1.807) is 18.0 Å². The van der Waals surface area contributed by atoms with Crippen molar-refractivity contribution in [2.75, 3.05) is 13.6 Å². The fourth-order valence-corrected chi connectivity index (χ4v) is 3.26. The molecule has 0 radical (unpaired) electrons. The Balaban J connectivity index is 1.83. The van der Waals surface area contributed by atoms with Gasteiger partial charge < -0.3 is 10.2 Å². The highest BCUT2D eigenvalue weighted by atomic mass is 35.5. The Kier molecular flexibility index (Phi) is 4.85. The van der Waals surface area contributed by atoms with Crippen molar-refractivity contribution >= 4 is 35.1 Å². The number of likely N-dealkylation sites (tertiary alicyclic amines) is 1. The molecule has 3 rings (SSSR count). The topological polar surface area (TPSA) is 66.7 Å². The summed E-state index contributed by atoms with van der Waals surface area (Å²) < 4.78 is 1.82. The average molecular weight is 347 g/mol. The quantitative estimate of drug-likeness (QED) is 0.866. The number of piperidine rings is 1. The van der Waals surface area contributed by atoms with Gasteiger partial charge in [-0.15, -0.1) is 0 Å². The first-order valence-corrected chi connectivity index (χ1v) is 8.32. The molecule has 1 N–H and O–H groups in total. The van der Waals surface area contributed by atoms with Crippen LogP contribution in [-0.2, 0) is 9.59 Å². The molecule has 126 valence electrons. The van der Waals surface area contributed by atoms with Gasteiger partial charge >= 0.3 is 0 Å². The van der Waals surface area contributed by atoms with Gasteiger partial charge in [-0.2, -0.15) is 0 Å². The van der Waals surface area contributed by atoms with Crippen LogP contribution in [0.4, 0.5) is 0 Å². The molecule has 1 aliphatic heterocycles. The van der Waals surface area contributed by atoms with E-state index in [4.69, 9.17) is 11.6 Å². The van der Waals surface area contributed by atoms with E-state index >= 15 is 0 Å². The van der Waals surface area contributed by atoms with Crippen molar-refractivity contribution in [1.29, 1.82) is 0 Å². The predicted octanol–water partition coefficient (Wildman–Crippen LogP) is 2.13. The first-order valence-electron chi connectivity index (χ1n) is 7.94. The van der Waals surface area contributed by atoms with Gasteiger partial charge in [-0.1, -0.05) is 17.7 Å². The van der Waals surface area contributed by atoms with Crippen LogP contribution in [0, 0.1) is 0 Å². The van der Waals surface area contributed by atoms with E-state index in [0.717, 1.165) is 18.5 Å². The number of hydrogen-bond acceptors (Lipinski definition) is 3. The van der Waals surface area contributed by atoms with Crippen molar-refractivity contribution in [2.24, 2.45) is 0 Å². The number of imidazole rings is 1. The average Bonchev–Trinajstić information content (AvgIpc) is 2.94. The van der Waals surface area contributed by atoms with Crippen molar-refractivity contribution in [3.05, 3.63) is 41.3 Å². The summed E-state index contributed by atoms with van der Waals surface area (Å²) in [7, 11) is 1.59. The molecule has 1 atom stereocenters. The molecule has 3 heterocycles. The highest BCUT2D eigenvalue weighted by molar-refractivity contribution is 6.31. The van der Waals surface area contributed by atoms with Crippen molar-refractivity contribution in [3.63, 3.8) is 0 Å². The van der Waals surface area contributed by atoms with Crippen LogP contribution in [0.1, 0.15) is 25.0 Å². The van der Waals surface area contributed by atoms with Gasteiger partial charge in [0.25, 0.3) is 0 Å². The summed E-state index contributed by atoms with van der Waals surface area (Å²) in [5.41, 5.74) is 1.37. The van der Waals surface area contributed by atoms with Gasteiger partial charge in [0, 0.05) is 25.9 Å². The number of nitrogens with zero attached hydrogens (tertiary/aromatic N) is 3. The van der Waals surface area contributed by atoms with Gasteiger partial charge in [0.2, 0.25) is 11.8 Å². The molecule has 0 saturated carbocycles. The standard InChI is InChI=1S/C17H19ClN4O2/c1-19-17(24)13-6-2-4-11-22(13)15(23)9-8-12-16(18)20-14-7-3-5-10-21(12)14/h3,5,7-10,13H,2,4,6,11H2,1H3,(H,19,24). The summed E-state index contributed by atoms with van der Waals surface area (Å²) >= 11 is 6.17. The van der Waals surface area contributed by atoms with Crippen molar-refractivity contribution < 1.29 is 9.59 Å². The van der Waals surface area contributed by atoms with Crippen LogP contribution in [0.25, 0.3) is 11.7 Å². The maximum Gasteiger partial charge on any atom is 0.247 e. The maximum absolute atomic E-state index is 12.6. The number of likely N-dealkylation sites (N-methyl/N-ethyl adjacent to an activating group) is 1. The molecule has 0 aromatic carbocycles. The Morgan fingerprint density at radius 1 is 1.38 bits per heavy atom. The molecule has 24 heavy (non-hydrogen) atoms. The predicted molar refractivity (Wildman–Crippen MR) is 92.7 cm³/mol. The van der Waals surface area contributed by atoms with Crippen LogP contribution in [0.2, 0.25) is 5.15 Å². The zero-order chi connectivity index (χ0) is 17.1. The van der Waals surface area contributed by atoms with Gasteiger partial charge in [0.05, 0.1) is 5.69 Å². The second-order valence-corrected chi connectivity index (χ2v) is 6.07.